The zero-order valence-electron chi connectivity index (χ0n) is 16.9. The molecule has 7 heteroatoms. The Morgan fingerprint density at radius 3 is 2.62 bits per heavy atom. The fourth-order valence-corrected chi connectivity index (χ4v) is 3.35. The summed E-state index contributed by atoms with van der Waals surface area (Å²) in [5.41, 5.74) is 3.12. The molecule has 3 amide bonds. The van der Waals surface area contributed by atoms with E-state index < -0.39 is 6.04 Å². The predicted molar refractivity (Wildman–Crippen MR) is 114 cm³/mol. The number of nitrogens with one attached hydrogen (secondary N) is 2. The van der Waals surface area contributed by atoms with E-state index in [1.54, 1.807) is 37.1 Å². The Morgan fingerprint density at radius 2 is 1.86 bits per heavy atom. The first-order chi connectivity index (χ1) is 13.9. The van der Waals surface area contributed by atoms with Crippen molar-refractivity contribution in [1.29, 1.82) is 0 Å². The molecule has 3 rings (SSSR count). The SMILES string of the molecule is CCc1ccccc1NC(=O)CN(C)[C@@H](C)C(=O)N1CC(=O)Nc2ccccc21. The maximum absolute atomic E-state index is 13.1. The molecular weight excluding hydrogens is 368 g/mol. The van der Waals surface area contributed by atoms with Gasteiger partial charge in [0.2, 0.25) is 17.7 Å². The number of fused-ring (bicyclic) bond motifs is 1. The van der Waals surface area contributed by atoms with Crippen LogP contribution in [0.4, 0.5) is 17.1 Å². The molecule has 1 aliphatic rings. The fourth-order valence-electron chi connectivity index (χ4n) is 3.35. The van der Waals surface area contributed by atoms with E-state index >= 15 is 0 Å². The Morgan fingerprint density at radius 1 is 1.17 bits per heavy atom. The van der Waals surface area contributed by atoms with E-state index in [0.717, 1.165) is 17.7 Å². The summed E-state index contributed by atoms with van der Waals surface area (Å²) in [4.78, 5) is 40.7. The molecule has 0 saturated carbocycles. The Labute approximate surface area is 170 Å². The van der Waals surface area contributed by atoms with Crippen molar-refractivity contribution < 1.29 is 14.4 Å². The number of aryl methyl sites for hydroxylation is 1. The Bertz CT molecular complexity index is 928. The van der Waals surface area contributed by atoms with Gasteiger partial charge in [0.1, 0.15) is 6.54 Å². The van der Waals surface area contributed by atoms with Crippen LogP contribution < -0.4 is 15.5 Å². The third-order valence-electron chi connectivity index (χ3n) is 5.12. The maximum atomic E-state index is 13.1. The first-order valence-corrected chi connectivity index (χ1v) is 9.69. The van der Waals surface area contributed by atoms with Crippen molar-refractivity contribution >= 4 is 34.8 Å². The van der Waals surface area contributed by atoms with Gasteiger partial charge in [-0.05, 0) is 44.2 Å². The zero-order chi connectivity index (χ0) is 21.0. The van der Waals surface area contributed by atoms with Crippen LogP contribution in [0, 0.1) is 0 Å². The van der Waals surface area contributed by atoms with Gasteiger partial charge in [0.15, 0.2) is 0 Å². The molecule has 0 aliphatic carbocycles. The van der Waals surface area contributed by atoms with Gasteiger partial charge < -0.3 is 10.6 Å². The number of para-hydroxylation sites is 3. The van der Waals surface area contributed by atoms with Gasteiger partial charge in [0.05, 0.1) is 24.0 Å². The van der Waals surface area contributed by atoms with E-state index in [-0.39, 0.29) is 30.8 Å². The van der Waals surface area contributed by atoms with Crippen molar-refractivity contribution in [2.24, 2.45) is 0 Å². The van der Waals surface area contributed by atoms with Crippen LogP contribution in [0.15, 0.2) is 48.5 Å². The van der Waals surface area contributed by atoms with Crippen LogP contribution in [0.25, 0.3) is 0 Å². The summed E-state index contributed by atoms with van der Waals surface area (Å²) in [6, 6.07) is 14.3. The molecule has 0 radical (unpaired) electrons. The zero-order valence-corrected chi connectivity index (χ0v) is 16.9. The van der Waals surface area contributed by atoms with Gasteiger partial charge in [-0.3, -0.25) is 24.2 Å². The molecular formula is C22H26N4O3. The number of likely N-dealkylation sites (N-methyl/N-ethyl adjacent to an activating group) is 1. The van der Waals surface area contributed by atoms with E-state index in [1.165, 1.54) is 4.90 Å². The summed E-state index contributed by atoms with van der Waals surface area (Å²) in [5.74, 6) is -0.651. The lowest BCUT2D eigenvalue weighted by Gasteiger charge is -2.33. The van der Waals surface area contributed by atoms with Gasteiger partial charge in [0, 0.05) is 5.69 Å². The van der Waals surface area contributed by atoms with Gasteiger partial charge in [-0.2, -0.15) is 0 Å². The van der Waals surface area contributed by atoms with Crippen molar-refractivity contribution in [1.82, 2.24) is 4.90 Å². The number of benzene rings is 2. The highest BCUT2D eigenvalue weighted by Gasteiger charge is 2.31. The largest absolute Gasteiger partial charge is 0.325 e. The van der Waals surface area contributed by atoms with Gasteiger partial charge in [-0.15, -0.1) is 0 Å². The summed E-state index contributed by atoms with van der Waals surface area (Å²) < 4.78 is 0. The normalized spacial score (nSPS) is 14.2. The Balaban J connectivity index is 1.67. The van der Waals surface area contributed by atoms with E-state index in [9.17, 15) is 14.4 Å². The van der Waals surface area contributed by atoms with Crippen LogP contribution in [0.2, 0.25) is 0 Å². The third-order valence-corrected chi connectivity index (χ3v) is 5.12. The summed E-state index contributed by atoms with van der Waals surface area (Å²) in [7, 11) is 1.73. The summed E-state index contributed by atoms with van der Waals surface area (Å²) >= 11 is 0. The second-order valence-corrected chi connectivity index (χ2v) is 7.14. The Hall–Kier alpha value is -3.19. The van der Waals surface area contributed by atoms with Crippen LogP contribution >= 0.6 is 0 Å². The van der Waals surface area contributed by atoms with Gasteiger partial charge >= 0.3 is 0 Å². The average molecular weight is 394 g/mol. The highest BCUT2D eigenvalue weighted by Crippen LogP contribution is 2.29. The number of nitrogens with zero attached hydrogens (tertiary/aromatic N) is 2. The number of hydrogen-bond donors (Lipinski definition) is 2. The number of hydrogen-bond acceptors (Lipinski definition) is 4. The number of carbonyl (C=O) groups is 3. The van der Waals surface area contributed by atoms with Crippen LogP contribution in [0.1, 0.15) is 19.4 Å². The molecule has 0 spiro atoms. The maximum Gasteiger partial charge on any atom is 0.244 e. The highest BCUT2D eigenvalue weighted by atomic mass is 16.2. The van der Waals surface area contributed by atoms with Crippen LogP contribution in [0.5, 0.6) is 0 Å². The molecule has 7 nitrogen and oxygen atoms in total. The first-order valence-electron chi connectivity index (χ1n) is 9.69. The van der Waals surface area contributed by atoms with Crippen LogP contribution in [-0.4, -0.2) is 48.8 Å². The first kappa shape index (κ1) is 20.5. The molecule has 2 aromatic carbocycles. The monoisotopic (exact) mass is 394 g/mol. The van der Waals surface area contributed by atoms with Crippen molar-refractivity contribution in [2.45, 2.75) is 26.3 Å². The fraction of sp³-hybridized carbons (Fsp3) is 0.318. The quantitative estimate of drug-likeness (QED) is 0.789. The molecule has 2 N–H and O–H groups in total. The van der Waals surface area contributed by atoms with Crippen molar-refractivity contribution in [2.75, 3.05) is 35.7 Å². The molecule has 0 saturated heterocycles. The van der Waals surface area contributed by atoms with E-state index in [4.69, 9.17) is 0 Å². The smallest absolute Gasteiger partial charge is 0.244 e. The molecule has 0 fully saturated rings. The molecule has 1 heterocycles. The van der Waals surface area contributed by atoms with Crippen molar-refractivity contribution in [3.63, 3.8) is 0 Å². The average Bonchev–Trinajstić information content (AvgIpc) is 2.72. The molecule has 152 valence electrons. The molecule has 0 aromatic heterocycles. The minimum atomic E-state index is -0.568. The molecule has 0 unspecified atom stereocenters. The second-order valence-electron chi connectivity index (χ2n) is 7.14. The number of anilines is 3. The lowest BCUT2D eigenvalue weighted by atomic mass is 10.1. The predicted octanol–water partition coefficient (Wildman–Crippen LogP) is 2.49. The van der Waals surface area contributed by atoms with E-state index in [2.05, 4.69) is 10.6 Å². The molecule has 29 heavy (non-hydrogen) atoms. The lowest BCUT2D eigenvalue weighted by Crippen LogP contribution is -2.51. The van der Waals surface area contributed by atoms with E-state index in [1.807, 2.05) is 37.3 Å². The minimum absolute atomic E-state index is 0.0376. The highest BCUT2D eigenvalue weighted by molar-refractivity contribution is 6.11. The van der Waals surface area contributed by atoms with Crippen LogP contribution in [-0.2, 0) is 20.8 Å². The van der Waals surface area contributed by atoms with Crippen LogP contribution in [0.3, 0.4) is 0 Å². The molecule has 1 aliphatic heterocycles. The minimum Gasteiger partial charge on any atom is -0.325 e. The summed E-state index contributed by atoms with van der Waals surface area (Å²) in [5, 5.41) is 5.69. The van der Waals surface area contributed by atoms with Gasteiger partial charge in [-0.1, -0.05) is 37.3 Å². The second kappa shape index (κ2) is 8.87. The standard InChI is InChI=1S/C22H26N4O3/c1-4-16-9-5-6-10-17(16)23-20(27)13-25(3)15(2)22(29)26-14-21(28)24-18-11-7-8-12-19(18)26/h5-12,15H,4,13-14H2,1-3H3,(H,23,27)(H,24,28)/t15-/m0/s1. The van der Waals surface area contributed by atoms with Gasteiger partial charge in [-0.25, -0.2) is 0 Å². The third kappa shape index (κ3) is 4.63. The number of amides is 3. The van der Waals surface area contributed by atoms with E-state index in [0.29, 0.717) is 11.4 Å². The molecule has 1 atom stereocenters. The summed E-state index contributed by atoms with van der Waals surface area (Å²) in [6.45, 7) is 3.80. The summed E-state index contributed by atoms with van der Waals surface area (Å²) in [6.07, 6.45) is 0.817. The molecule has 0 bridgehead atoms. The Kier molecular flexibility index (Phi) is 6.29. The van der Waals surface area contributed by atoms with Crippen molar-refractivity contribution in [3.05, 3.63) is 54.1 Å². The molecule has 2 aromatic rings. The van der Waals surface area contributed by atoms with Crippen molar-refractivity contribution in [3.8, 4) is 0 Å². The number of rotatable bonds is 6. The topological polar surface area (TPSA) is 81.8 Å². The van der Waals surface area contributed by atoms with Gasteiger partial charge in [0.25, 0.3) is 0 Å². The number of carbonyl (C=O) groups excluding carboxylic acids is 3. The lowest BCUT2D eigenvalue weighted by molar-refractivity contribution is -0.126.